The molecule has 0 aromatic heterocycles. The van der Waals surface area contributed by atoms with Crippen molar-refractivity contribution in [2.24, 2.45) is 0 Å². The Balaban J connectivity index is 1.14. The van der Waals surface area contributed by atoms with Crippen molar-refractivity contribution in [2.45, 2.75) is 82.8 Å². The fraction of sp³-hybridized carbons (Fsp3) is 0.366. The maximum Gasteiger partial charge on any atom is 0.224 e. The molecule has 1 fully saturated rings. The van der Waals surface area contributed by atoms with Gasteiger partial charge in [-0.3, -0.25) is 14.5 Å². The number of carbonyl (C=O) groups excluding carboxylic acids is 2. The highest BCUT2D eigenvalue weighted by atomic mass is 16.7. The summed E-state index contributed by atoms with van der Waals surface area (Å²) in [4.78, 5) is 26.9. The number of hydrogen-bond acceptors (Lipinski definition) is 8. The summed E-state index contributed by atoms with van der Waals surface area (Å²) in [6, 6.07) is 32.3. The van der Waals surface area contributed by atoms with Crippen molar-refractivity contribution in [2.75, 3.05) is 24.6 Å². The summed E-state index contributed by atoms with van der Waals surface area (Å²) in [5.74, 6) is -0.195. The molecule has 2 amide bonds. The highest BCUT2D eigenvalue weighted by Crippen LogP contribution is 2.38. The van der Waals surface area contributed by atoms with Crippen LogP contribution in [0.1, 0.15) is 85.3 Å². The maximum atomic E-state index is 12.5. The van der Waals surface area contributed by atoms with Crippen LogP contribution in [0.3, 0.4) is 0 Å². The Morgan fingerprint density at radius 1 is 0.843 bits per heavy atom. The van der Waals surface area contributed by atoms with Crippen molar-refractivity contribution < 1.29 is 29.3 Å². The molecule has 4 aromatic carbocycles. The van der Waals surface area contributed by atoms with E-state index in [2.05, 4.69) is 15.5 Å². The third kappa shape index (κ3) is 11.0. The van der Waals surface area contributed by atoms with Crippen LogP contribution in [0.15, 0.2) is 103 Å². The number of para-hydroxylation sites is 2. The van der Waals surface area contributed by atoms with Crippen LogP contribution < -0.4 is 16.4 Å². The standard InChI is InChI=1S/C41H50N4O6/c1-28(40(49)32-10-4-3-5-11-32)45(2)26-34-24-37(31-20-18-30(27-46)19-21-31)51-41(50-34)33-22-16-29(17-23-33)25-43-38(47)14-8-9-15-39(48)44-36-13-7-6-12-35(36)42/h3-7,10-13,16-23,28,34,37,40-41,46,49H,8-9,14-15,24-27,42H2,1-2H3,(H,43,47)(H,44,48)/t28-,34-,37+,40-,41+/m0/s1. The molecule has 1 heterocycles. The van der Waals surface area contributed by atoms with Crippen molar-refractivity contribution in [3.05, 3.63) is 131 Å². The van der Waals surface area contributed by atoms with E-state index in [1.54, 1.807) is 12.1 Å². The molecule has 1 aliphatic heterocycles. The summed E-state index contributed by atoms with van der Waals surface area (Å²) in [7, 11) is 2.00. The number of aliphatic hydroxyl groups excluding tert-OH is 2. The molecule has 6 N–H and O–H groups in total. The van der Waals surface area contributed by atoms with Gasteiger partial charge in [0, 0.05) is 44.0 Å². The van der Waals surface area contributed by atoms with Crippen LogP contribution >= 0.6 is 0 Å². The Labute approximate surface area is 300 Å². The molecule has 51 heavy (non-hydrogen) atoms. The van der Waals surface area contributed by atoms with Gasteiger partial charge in [-0.2, -0.15) is 0 Å². The molecular formula is C41H50N4O6. The Bertz CT molecular complexity index is 1680. The predicted molar refractivity (Wildman–Crippen MR) is 198 cm³/mol. The monoisotopic (exact) mass is 694 g/mol. The predicted octanol–water partition coefficient (Wildman–Crippen LogP) is 6.18. The number of nitrogen functional groups attached to an aromatic ring is 1. The normalized spacial score (nSPS) is 18.6. The summed E-state index contributed by atoms with van der Waals surface area (Å²) < 4.78 is 13.0. The van der Waals surface area contributed by atoms with Crippen LogP contribution in [-0.4, -0.2) is 52.7 Å². The molecular weight excluding hydrogens is 644 g/mol. The summed E-state index contributed by atoms with van der Waals surface area (Å²) >= 11 is 0. The lowest BCUT2D eigenvalue weighted by Gasteiger charge is -2.39. The zero-order chi connectivity index (χ0) is 36.2. The van der Waals surface area contributed by atoms with Gasteiger partial charge < -0.3 is 36.1 Å². The Kier molecular flexibility index (Phi) is 13.7. The van der Waals surface area contributed by atoms with E-state index in [4.69, 9.17) is 15.2 Å². The van der Waals surface area contributed by atoms with Crippen LogP contribution in [0.25, 0.3) is 0 Å². The first-order valence-corrected chi connectivity index (χ1v) is 17.6. The molecule has 5 rings (SSSR count). The molecule has 270 valence electrons. The minimum Gasteiger partial charge on any atom is -0.397 e. The van der Waals surface area contributed by atoms with Crippen LogP contribution in [0.4, 0.5) is 11.4 Å². The fourth-order valence-corrected chi connectivity index (χ4v) is 6.17. The van der Waals surface area contributed by atoms with E-state index in [1.807, 2.05) is 105 Å². The molecule has 0 aliphatic carbocycles. The number of nitrogens with zero attached hydrogens (tertiary/aromatic N) is 1. The molecule has 0 saturated carbocycles. The van der Waals surface area contributed by atoms with E-state index in [9.17, 15) is 19.8 Å². The number of benzene rings is 4. The Morgan fingerprint density at radius 2 is 1.47 bits per heavy atom. The molecule has 0 bridgehead atoms. The first-order chi connectivity index (χ1) is 24.7. The Morgan fingerprint density at radius 3 is 2.16 bits per heavy atom. The second-order valence-electron chi connectivity index (χ2n) is 13.2. The SMILES string of the molecule is C[C@@H]([C@H](O)c1ccccc1)N(C)C[C@@H]1C[C@H](c2ccc(CO)cc2)O[C@H](c2ccc(CNC(=O)CCCCC(=O)Nc3ccccc3N)cc2)O1. The lowest BCUT2D eigenvalue weighted by atomic mass is 9.98. The van der Waals surface area contributed by atoms with Gasteiger partial charge in [0.2, 0.25) is 11.8 Å². The minimum atomic E-state index is -0.645. The van der Waals surface area contributed by atoms with Crippen molar-refractivity contribution in [1.82, 2.24) is 10.2 Å². The number of carbonyl (C=O) groups is 2. The van der Waals surface area contributed by atoms with E-state index >= 15 is 0 Å². The number of likely N-dealkylation sites (N-methyl/N-ethyl adjacent to an activating group) is 1. The van der Waals surface area contributed by atoms with Crippen molar-refractivity contribution in [3.63, 3.8) is 0 Å². The van der Waals surface area contributed by atoms with Crippen LogP contribution in [0.2, 0.25) is 0 Å². The smallest absolute Gasteiger partial charge is 0.224 e. The van der Waals surface area contributed by atoms with Gasteiger partial charge in [-0.1, -0.05) is 91.0 Å². The quantitative estimate of drug-likeness (QED) is 0.0691. The fourth-order valence-electron chi connectivity index (χ4n) is 6.17. The van der Waals surface area contributed by atoms with E-state index in [0.717, 1.165) is 27.8 Å². The number of ether oxygens (including phenoxy) is 2. The third-order valence-corrected chi connectivity index (χ3v) is 9.43. The van der Waals surface area contributed by atoms with E-state index in [0.29, 0.717) is 56.6 Å². The average Bonchev–Trinajstić information content (AvgIpc) is 3.16. The summed E-state index contributed by atoms with van der Waals surface area (Å²) in [6.45, 7) is 2.96. The molecule has 5 atom stereocenters. The maximum absolute atomic E-state index is 12.5. The van der Waals surface area contributed by atoms with E-state index in [-0.39, 0.29) is 36.7 Å². The second-order valence-corrected chi connectivity index (χ2v) is 13.2. The summed E-state index contributed by atoms with van der Waals surface area (Å²) in [6.07, 6.45) is 0.802. The zero-order valence-electron chi connectivity index (χ0n) is 29.4. The number of hydrogen-bond donors (Lipinski definition) is 5. The third-order valence-electron chi connectivity index (χ3n) is 9.43. The molecule has 0 unspecified atom stereocenters. The van der Waals surface area contributed by atoms with Gasteiger partial charge in [0.05, 0.1) is 36.3 Å². The van der Waals surface area contributed by atoms with Crippen molar-refractivity contribution >= 4 is 23.2 Å². The second kappa shape index (κ2) is 18.6. The molecule has 0 radical (unpaired) electrons. The van der Waals surface area contributed by atoms with Gasteiger partial charge in [-0.15, -0.1) is 0 Å². The number of nitrogens with one attached hydrogen (secondary N) is 2. The largest absolute Gasteiger partial charge is 0.397 e. The van der Waals surface area contributed by atoms with Gasteiger partial charge in [0.25, 0.3) is 0 Å². The summed E-state index contributed by atoms with van der Waals surface area (Å²) in [5.41, 5.74) is 11.5. The van der Waals surface area contributed by atoms with Crippen molar-refractivity contribution in [3.8, 4) is 0 Å². The average molecular weight is 695 g/mol. The number of unbranched alkanes of at least 4 members (excludes halogenated alkanes) is 1. The zero-order valence-corrected chi connectivity index (χ0v) is 29.4. The first-order valence-electron chi connectivity index (χ1n) is 17.6. The molecule has 10 heteroatoms. The highest BCUT2D eigenvalue weighted by Gasteiger charge is 2.34. The number of aliphatic hydroxyl groups is 2. The molecule has 1 saturated heterocycles. The van der Waals surface area contributed by atoms with Gasteiger partial charge in [-0.25, -0.2) is 0 Å². The topological polar surface area (TPSA) is 146 Å². The van der Waals surface area contributed by atoms with Gasteiger partial charge in [0.15, 0.2) is 6.29 Å². The van der Waals surface area contributed by atoms with Crippen LogP contribution in [0.5, 0.6) is 0 Å². The van der Waals surface area contributed by atoms with Gasteiger partial charge >= 0.3 is 0 Å². The first kappa shape index (κ1) is 37.7. The minimum absolute atomic E-state index is 0.0242. The van der Waals surface area contributed by atoms with E-state index in [1.165, 1.54) is 0 Å². The molecule has 4 aromatic rings. The number of amides is 2. The number of nitrogens with two attached hydrogens (primary N) is 1. The summed E-state index contributed by atoms with van der Waals surface area (Å²) in [5, 5.41) is 26.4. The Hall–Kier alpha value is -4.58. The molecule has 10 nitrogen and oxygen atoms in total. The lowest BCUT2D eigenvalue weighted by molar-refractivity contribution is -0.253. The van der Waals surface area contributed by atoms with Crippen LogP contribution in [-0.2, 0) is 32.2 Å². The highest BCUT2D eigenvalue weighted by molar-refractivity contribution is 5.93. The number of rotatable bonds is 16. The van der Waals surface area contributed by atoms with E-state index < -0.39 is 12.4 Å². The van der Waals surface area contributed by atoms with Gasteiger partial charge in [0.1, 0.15) is 0 Å². The lowest BCUT2D eigenvalue weighted by Crippen LogP contribution is -2.43. The van der Waals surface area contributed by atoms with Gasteiger partial charge in [-0.05, 0) is 61.2 Å². The molecule has 0 spiro atoms. The van der Waals surface area contributed by atoms with Crippen molar-refractivity contribution in [1.29, 1.82) is 0 Å². The number of anilines is 2. The van der Waals surface area contributed by atoms with Crippen LogP contribution in [0, 0.1) is 0 Å². The molecule has 1 aliphatic rings.